The molecular weight excluding hydrogens is 268 g/mol. The van der Waals surface area contributed by atoms with Gasteiger partial charge in [-0.15, -0.1) is 0 Å². The molecule has 1 aromatic rings. The van der Waals surface area contributed by atoms with Crippen LogP contribution >= 0.6 is 0 Å². The number of nitrogens with zero attached hydrogens (tertiary/aromatic N) is 1. The highest BCUT2D eigenvalue weighted by atomic mass is 16.5. The highest BCUT2D eigenvalue weighted by Crippen LogP contribution is 2.11. The summed E-state index contributed by atoms with van der Waals surface area (Å²) in [4.78, 5) is 13.6. The third-order valence-corrected chi connectivity index (χ3v) is 3.27. The standard InChI is InChI=1S/C16H26N2O3/c1-13-6-8-14(9-7-13)21-12-10-18(2)16(19)15(17)5-4-11-20-3/h6-9,15H,4-5,10-12,17H2,1-3H3. The second-order valence-corrected chi connectivity index (χ2v) is 5.16. The smallest absolute Gasteiger partial charge is 0.239 e. The molecule has 1 unspecified atom stereocenters. The summed E-state index contributed by atoms with van der Waals surface area (Å²) < 4.78 is 10.6. The van der Waals surface area contributed by atoms with Gasteiger partial charge in [-0.25, -0.2) is 0 Å². The van der Waals surface area contributed by atoms with E-state index in [0.29, 0.717) is 26.2 Å². The molecule has 2 N–H and O–H groups in total. The Morgan fingerprint density at radius 2 is 1.95 bits per heavy atom. The summed E-state index contributed by atoms with van der Waals surface area (Å²) in [7, 11) is 3.39. The number of ether oxygens (including phenoxy) is 2. The van der Waals surface area contributed by atoms with Gasteiger partial charge >= 0.3 is 0 Å². The SMILES string of the molecule is COCCCC(N)C(=O)N(C)CCOc1ccc(C)cc1. The van der Waals surface area contributed by atoms with E-state index in [2.05, 4.69) is 0 Å². The number of nitrogens with two attached hydrogens (primary N) is 1. The first-order valence-electron chi connectivity index (χ1n) is 7.23. The van der Waals surface area contributed by atoms with E-state index in [0.717, 1.165) is 12.2 Å². The minimum Gasteiger partial charge on any atom is -0.492 e. The van der Waals surface area contributed by atoms with Crippen molar-refractivity contribution in [2.75, 3.05) is 33.9 Å². The number of carbonyl (C=O) groups excluding carboxylic acids is 1. The molecule has 0 spiro atoms. The molecule has 1 amide bonds. The fourth-order valence-corrected chi connectivity index (χ4v) is 1.90. The van der Waals surface area contributed by atoms with Gasteiger partial charge in [0, 0.05) is 20.8 Å². The van der Waals surface area contributed by atoms with Gasteiger partial charge in [-0.1, -0.05) is 17.7 Å². The minimum atomic E-state index is -0.468. The third-order valence-electron chi connectivity index (χ3n) is 3.27. The molecule has 1 atom stereocenters. The molecule has 0 aliphatic carbocycles. The Bertz CT molecular complexity index is 420. The lowest BCUT2D eigenvalue weighted by atomic mass is 10.1. The van der Waals surface area contributed by atoms with Crippen LogP contribution < -0.4 is 10.5 Å². The summed E-state index contributed by atoms with van der Waals surface area (Å²) in [5.41, 5.74) is 7.06. The predicted molar refractivity (Wildman–Crippen MR) is 83.4 cm³/mol. The van der Waals surface area contributed by atoms with Crippen molar-refractivity contribution in [2.24, 2.45) is 5.73 Å². The van der Waals surface area contributed by atoms with Crippen molar-refractivity contribution in [1.82, 2.24) is 4.90 Å². The highest BCUT2D eigenvalue weighted by Gasteiger charge is 2.17. The molecule has 5 heteroatoms. The molecule has 0 aromatic heterocycles. The van der Waals surface area contributed by atoms with Crippen LogP contribution in [0.25, 0.3) is 0 Å². The zero-order valence-corrected chi connectivity index (χ0v) is 13.2. The Labute approximate surface area is 127 Å². The van der Waals surface area contributed by atoms with Gasteiger partial charge in [-0.2, -0.15) is 0 Å². The Morgan fingerprint density at radius 3 is 2.57 bits per heavy atom. The van der Waals surface area contributed by atoms with Gasteiger partial charge in [-0.05, 0) is 31.9 Å². The van der Waals surface area contributed by atoms with Crippen molar-refractivity contribution in [3.8, 4) is 5.75 Å². The van der Waals surface area contributed by atoms with Crippen LogP contribution in [0.2, 0.25) is 0 Å². The van der Waals surface area contributed by atoms with Crippen LogP contribution in [0.15, 0.2) is 24.3 Å². The number of benzene rings is 1. The summed E-state index contributed by atoms with van der Waals surface area (Å²) in [5.74, 6) is 0.754. The summed E-state index contributed by atoms with van der Waals surface area (Å²) in [6.07, 6.45) is 1.42. The lowest BCUT2D eigenvalue weighted by Crippen LogP contribution is -2.43. The number of rotatable bonds is 9. The first-order valence-corrected chi connectivity index (χ1v) is 7.23. The van der Waals surface area contributed by atoms with Crippen molar-refractivity contribution in [2.45, 2.75) is 25.8 Å². The summed E-state index contributed by atoms with van der Waals surface area (Å²) in [5, 5.41) is 0. The van der Waals surface area contributed by atoms with Gasteiger partial charge < -0.3 is 20.1 Å². The molecule has 0 saturated carbocycles. The fraction of sp³-hybridized carbons (Fsp3) is 0.562. The molecule has 21 heavy (non-hydrogen) atoms. The van der Waals surface area contributed by atoms with Gasteiger partial charge in [-0.3, -0.25) is 4.79 Å². The van der Waals surface area contributed by atoms with E-state index in [-0.39, 0.29) is 5.91 Å². The number of amides is 1. The molecule has 0 saturated heterocycles. The normalized spacial score (nSPS) is 12.0. The van der Waals surface area contributed by atoms with Crippen molar-refractivity contribution in [3.63, 3.8) is 0 Å². The molecule has 0 radical (unpaired) electrons. The number of hydrogen-bond acceptors (Lipinski definition) is 4. The predicted octanol–water partition coefficient (Wildman–Crippen LogP) is 1.59. The van der Waals surface area contributed by atoms with Gasteiger partial charge in [0.05, 0.1) is 12.6 Å². The Morgan fingerprint density at radius 1 is 1.29 bits per heavy atom. The van der Waals surface area contributed by atoms with E-state index in [1.165, 1.54) is 5.56 Å². The lowest BCUT2D eigenvalue weighted by molar-refractivity contribution is -0.131. The number of methoxy groups -OCH3 is 1. The molecule has 0 fully saturated rings. The van der Waals surface area contributed by atoms with E-state index < -0.39 is 6.04 Å². The molecule has 0 aliphatic rings. The zero-order chi connectivity index (χ0) is 15.7. The molecule has 1 rings (SSSR count). The van der Waals surface area contributed by atoms with Crippen molar-refractivity contribution in [1.29, 1.82) is 0 Å². The second-order valence-electron chi connectivity index (χ2n) is 5.16. The van der Waals surface area contributed by atoms with Crippen molar-refractivity contribution in [3.05, 3.63) is 29.8 Å². The molecule has 0 heterocycles. The van der Waals surface area contributed by atoms with Crippen LogP contribution in [-0.4, -0.2) is 50.8 Å². The van der Waals surface area contributed by atoms with E-state index in [1.54, 1.807) is 19.1 Å². The average molecular weight is 294 g/mol. The maximum Gasteiger partial charge on any atom is 0.239 e. The van der Waals surface area contributed by atoms with Crippen LogP contribution in [0.5, 0.6) is 5.75 Å². The van der Waals surface area contributed by atoms with Gasteiger partial charge in [0.25, 0.3) is 0 Å². The summed E-state index contributed by atoms with van der Waals surface area (Å²) >= 11 is 0. The Kier molecular flexibility index (Phi) is 7.79. The van der Waals surface area contributed by atoms with Gasteiger partial charge in [0.1, 0.15) is 12.4 Å². The largest absolute Gasteiger partial charge is 0.492 e. The first kappa shape index (κ1) is 17.5. The van der Waals surface area contributed by atoms with Crippen molar-refractivity contribution < 1.29 is 14.3 Å². The van der Waals surface area contributed by atoms with Crippen LogP contribution in [-0.2, 0) is 9.53 Å². The maximum atomic E-state index is 12.0. The first-order chi connectivity index (χ1) is 10.0. The second kappa shape index (κ2) is 9.37. The molecule has 0 bridgehead atoms. The van der Waals surface area contributed by atoms with E-state index in [1.807, 2.05) is 31.2 Å². The number of carbonyl (C=O) groups is 1. The Hall–Kier alpha value is -1.59. The Balaban J connectivity index is 2.27. The van der Waals surface area contributed by atoms with Crippen LogP contribution in [0.1, 0.15) is 18.4 Å². The van der Waals surface area contributed by atoms with E-state index >= 15 is 0 Å². The zero-order valence-electron chi connectivity index (χ0n) is 13.2. The average Bonchev–Trinajstić information content (AvgIpc) is 2.48. The molecule has 0 aliphatic heterocycles. The number of hydrogen-bond donors (Lipinski definition) is 1. The fourth-order valence-electron chi connectivity index (χ4n) is 1.90. The van der Waals surface area contributed by atoms with Crippen LogP contribution in [0.3, 0.4) is 0 Å². The summed E-state index contributed by atoms with van der Waals surface area (Å²) in [6, 6.07) is 7.37. The minimum absolute atomic E-state index is 0.0568. The van der Waals surface area contributed by atoms with Gasteiger partial charge in [0.15, 0.2) is 0 Å². The molecule has 118 valence electrons. The quantitative estimate of drug-likeness (QED) is 0.702. The summed E-state index contributed by atoms with van der Waals surface area (Å²) in [6.45, 7) is 3.63. The molecule has 5 nitrogen and oxygen atoms in total. The topological polar surface area (TPSA) is 64.8 Å². The third kappa shape index (κ3) is 6.60. The highest BCUT2D eigenvalue weighted by molar-refractivity contribution is 5.81. The van der Waals surface area contributed by atoms with Crippen LogP contribution in [0.4, 0.5) is 0 Å². The van der Waals surface area contributed by atoms with Crippen molar-refractivity contribution >= 4 is 5.91 Å². The van der Waals surface area contributed by atoms with Crippen LogP contribution in [0, 0.1) is 6.92 Å². The number of likely N-dealkylation sites (N-methyl/N-ethyl adjacent to an activating group) is 1. The van der Waals surface area contributed by atoms with Gasteiger partial charge in [0.2, 0.25) is 5.91 Å². The van der Waals surface area contributed by atoms with E-state index in [4.69, 9.17) is 15.2 Å². The number of aryl methyl sites for hydroxylation is 1. The van der Waals surface area contributed by atoms with E-state index in [9.17, 15) is 4.79 Å². The molecule has 1 aromatic carbocycles. The maximum absolute atomic E-state index is 12.0. The molecular formula is C16H26N2O3. The monoisotopic (exact) mass is 294 g/mol. The lowest BCUT2D eigenvalue weighted by Gasteiger charge is -2.21.